The van der Waals surface area contributed by atoms with Gasteiger partial charge in [0.25, 0.3) is 5.91 Å². The molecule has 1 unspecified atom stereocenters. The SMILES string of the molecule is CCNC(=O)C(C)Oc1cc2c(cc1C(=O)O)OCO2. The van der Waals surface area contributed by atoms with Crippen molar-refractivity contribution in [1.82, 2.24) is 5.32 Å². The van der Waals surface area contributed by atoms with Crippen LogP contribution in [-0.2, 0) is 4.79 Å². The molecule has 1 aromatic carbocycles. The van der Waals surface area contributed by atoms with Gasteiger partial charge in [-0.3, -0.25) is 4.79 Å². The molecule has 1 aliphatic rings. The molecular formula is C13H15NO6. The predicted octanol–water partition coefficient (Wildman–Crippen LogP) is 1.02. The molecule has 0 bridgehead atoms. The minimum atomic E-state index is -1.17. The second kappa shape index (κ2) is 5.68. The van der Waals surface area contributed by atoms with Gasteiger partial charge in [0.1, 0.15) is 11.3 Å². The number of amides is 1. The number of carboxylic acid groups (broad SMARTS) is 1. The van der Waals surface area contributed by atoms with Crippen molar-refractivity contribution in [3.8, 4) is 17.2 Å². The van der Waals surface area contributed by atoms with Gasteiger partial charge in [0.15, 0.2) is 17.6 Å². The highest BCUT2D eigenvalue weighted by atomic mass is 16.7. The molecule has 7 nitrogen and oxygen atoms in total. The molecule has 1 heterocycles. The second-order valence-corrected chi connectivity index (χ2v) is 4.16. The van der Waals surface area contributed by atoms with E-state index in [1.165, 1.54) is 12.1 Å². The van der Waals surface area contributed by atoms with E-state index in [2.05, 4.69) is 5.32 Å². The lowest BCUT2D eigenvalue weighted by Crippen LogP contribution is -2.36. The molecule has 0 saturated carbocycles. The molecule has 1 atom stereocenters. The van der Waals surface area contributed by atoms with Crippen LogP contribution in [-0.4, -0.2) is 36.4 Å². The maximum atomic E-state index is 11.6. The number of hydrogen-bond donors (Lipinski definition) is 2. The van der Waals surface area contributed by atoms with Gasteiger partial charge in [-0.15, -0.1) is 0 Å². The van der Waals surface area contributed by atoms with E-state index in [4.69, 9.17) is 14.2 Å². The molecule has 7 heteroatoms. The lowest BCUT2D eigenvalue weighted by Gasteiger charge is -2.16. The number of likely N-dealkylation sites (N-methyl/N-ethyl adjacent to an activating group) is 1. The number of carbonyl (C=O) groups is 2. The predicted molar refractivity (Wildman–Crippen MR) is 68.3 cm³/mol. The van der Waals surface area contributed by atoms with Crippen molar-refractivity contribution in [2.45, 2.75) is 20.0 Å². The summed E-state index contributed by atoms with van der Waals surface area (Å²) in [4.78, 5) is 22.8. The molecule has 0 spiro atoms. The van der Waals surface area contributed by atoms with Crippen LogP contribution in [0.5, 0.6) is 17.2 Å². The Hall–Kier alpha value is -2.44. The summed E-state index contributed by atoms with van der Waals surface area (Å²) in [5, 5.41) is 11.8. The van der Waals surface area contributed by atoms with Crippen LogP contribution in [0.25, 0.3) is 0 Å². The van der Waals surface area contributed by atoms with Gasteiger partial charge in [0.05, 0.1) is 0 Å². The van der Waals surface area contributed by atoms with Crippen molar-refractivity contribution >= 4 is 11.9 Å². The monoisotopic (exact) mass is 281 g/mol. The fourth-order valence-electron chi connectivity index (χ4n) is 1.75. The number of carboxylic acids is 1. The number of hydrogen-bond acceptors (Lipinski definition) is 5. The van der Waals surface area contributed by atoms with Gasteiger partial charge in [-0.25, -0.2) is 4.79 Å². The third-order valence-electron chi connectivity index (χ3n) is 2.73. The van der Waals surface area contributed by atoms with Crippen molar-refractivity contribution in [3.63, 3.8) is 0 Å². The van der Waals surface area contributed by atoms with E-state index in [1.54, 1.807) is 13.8 Å². The average Bonchev–Trinajstić information content (AvgIpc) is 2.84. The molecule has 0 saturated heterocycles. The van der Waals surface area contributed by atoms with Crippen molar-refractivity contribution < 1.29 is 28.9 Å². The Morgan fingerprint density at radius 2 is 2.05 bits per heavy atom. The number of fused-ring (bicyclic) bond motifs is 1. The van der Waals surface area contributed by atoms with Crippen molar-refractivity contribution in [1.29, 1.82) is 0 Å². The van der Waals surface area contributed by atoms with Crippen molar-refractivity contribution in [3.05, 3.63) is 17.7 Å². The van der Waals surface area contributed by atoms with Crippen LogP contribution in [0.15, 0.2) is 12.1 Å². The summed E-state index contributed by atoms with van der Waals surface area (Å²) >= 11 is 0. The molecular weight excluding hydrogens is 266 g/mol. The Bertz CT molecular complexity index is 542. The van der Waals surface area contributed by atoms with Crippen LogP contribution in [0.1, 0.15) is 24.2 Å². The summed E-state index contributed by atoms with van der Waals surface area (Å²) in [6.07, 6.45) is -0.812. The third-order valence-corrected chi connectivity index (χ3v) is 2.73. The van der Waals surface area contributed by atoms with Gasteiger partial charge in [-0.05, 0) is 13.8 Å². The fourth-order valence-corrected chi connectivity index (χ4v) is 1.75. The fraction of sp³-hybridized carbons (Fsp3) is 0.385. The first kappa shape index (κ1) is 14.0. The third kappa shape index (κ3) is 2.76. The van der Waals surface area contributed by atoms with Gasteiger partial charge in [0, 0.05) is 18.7 Å². The van der Waals surface area contributed by atoms with Crippen molar-refractivity contribution in [2.75, 3.05) is 13.3 Å². The van der Waals surface area contributed by atoms with Crippen LogP contribution >= 0.6 is 0 Å². The summed E-state index contributed by atoms with van der Waals surface area (Å²) in [5.74, 6) is -0.670. The standard InChI is InChI=1S/C13H15NO6/c1-3-14-12(15)7(2)20-9-5-11-10(18-6-19-11)4-8(9)13(16)17/h4-5,7H,3,6H2,1-2H3,(H,14,15)(H,16,17). The van der Waals surface area contributed by atoms with Crippen LogP contribution in [0.3, 0.4) is 0 Å². The normalized spacial score (nSPS) is 13.7. The van der Waals surface area contributed by atoms with Gasteiger partial charge in [0.2, 0.25) is 6.79 Å². The Balaban J connectivity index is 2.26. The molecule has 1 aromatic rings. The van der Waals surface area contributed by atoms with Gasteiger partial charge in [-0.1, -0.05) is 0 Å². The lowest BCUT2D eigenvalue weighted by atomic mass is 10.1. The number of rotatable bonds is 5. The van der Waals surface area contributed by atoms with E-state index >= 15 is 0 Å². The summed E-state index contributed by atoms with van der Waals surface area (Å²) in [6.45, 7) is 3.83. The maximum absolute atomic E-state index is 11.6. The molecule has 0 radical (unpaired) electrons. The van der Waals surface area contributed by atoms with Crippen LogP contribution in [0, 0.1) is 0 Å². The lowest BCUT2D eigenvalue weighted by molar-refractivity contribution is -0.127. The van der Waals surface area contributed by atoms with E-state index in [1.807, 2.05) is 0 Å². The van der Waals surface area contributed by atoms with Gasteiger partial charge < -0.3 is 24.6 Å². The first-order chi connectivity index (χ1) is 9.52. The molecule has 20 heavy (non-hydrogen) atoms. The largest absolute Gasteiger partial charge is 0.480 e. The molecule has 2 rings (SSSR count). The summed E-state index contributed by atoms with van der Waals surface area (Å²) in [5.41, 5.74) is -0.0783. The highest BCUT2D eigenvalue weighted by molar-refractivity contribution is 5.92. The number of benzene rings is 1. The van der Waals surface area contributed by atoms with Crippen LogP contribution < -0.4 is 19.5 Å². The molecule has 0 aliphatic carbocycles. The minimum absolute atomic E-state index is 0.0315. The number of carbonyl (C=O) groups excluding carboxylic acids is 1. The number of aromatic carboxylic acids is 1. The summed E-state index contributed by atoms with van der Waals surface area (Å²) in [7, 11) is 0. The molecule has 0 fully saturated rings. The number of ether oxygens (including phenoxy) is 3. The van der Waals surface area contributed by atoms with E-state index in [0.717, 1.165) is 0 Å². The Labute approximate surface area is 115 Å². The zero-order valence-electron chi connectivity index (χ0n) is 11.1. The number of nitrogens with one attached hydrogen (secondary N) is 1. The van der Waals surface area contributed by atoms with Gasteiger partial charge in [-0.2, -0.15) is 0 Å². The Kier molecular flexibility index (Phi) is 3.97. The zero-order chi connectivity index (χ0) is 14.7. The molecule has 2 N–H and O–H groups in total. The van der Waals surface area contributed by atoms with E-state index < -0.39 is 12.1 Å². The zero-order valence-corrected chi connectivity index (χ0v) is 11.1. The minimum Gasteiger partial charge on any atom is -0.480 e. The molecule has 1 amide bonds. The smallest absolute Gasteiger partial charge is 0.339 e. The first-order valence-electron chi connectivity index (χ1n) is 6.14. The van der Waals surface area contributed by atoms with Gasteiger partial charge >= 0.3 is 5.97 Å². The summed E-state index contributed by atoms with van der Waals surface area (Å²) < 4.78 is 15.7. The summed E-state index contributed by atoms with van der Waals surface area (Å²) in [6, 6.07) is 2.74. The highest BCUT2D eigenvalue weighted by Crippen LogP contribution is 2.38. The molecule has 1 aliphatic heterocycles. The average molecular weight is 281 g/mol. The maximum Gasteiger partial charge on any atom is 0.339 e. The Morgan fingerprint density at radius 3 is 2.65 bits per heavy atom. The highest BCUT2D eigenvalue weighted by Gasteiger charge is 2.24. The second-order valence-electron chi connectivity index (χ2n) is 4.16. The van der Waals surface area contributed by atoms with E-state index in [9.17, 15) is 14.7 Å². The first-order valence-corrected chi connectivity index (χ1v) is 6.14. The quantitative estimate of drug-likeness (QED) is 0.836. The van der Waals surface area contributed by atoms with Crippen LogP contribution in [0.2, 0.25) is 0 Å². The molecule has 0 aromatic heterocycles. The van der Waals surface area contributed by atoms with E-state index in [0.29, 0.717) is 18.0 Å². The Morgan fingerprint density at radius 1 is 1.40 bits per heavy atom. The molecule has 108 valence electrons. The van der Waals surface area contributed by atoms with Crippen LogP contribution in [0.4, 0.5) is 0 Å². The van der Waals surface area contributed by atoms with Crippen molar-refractivity contribution in [2.24, 2.45) is 0 Å². The topological polar surface area (TPSA) is 94.1 Å². The van der Waals surface area contributed by atoms with E-state index in [-0.39, 0.29) is 24.0 Å².